The first-order chi connectivity index (χ1) is 9.38. The number of aromatic amines is 1. The number of amides is 1. The predicted octanol–water partition coefficient (Wildman–Crippen LogP) is -0.474. The van der Waals surface area contributed by atoms with Crippen LogP contribution in [0, 0.1) is 13.8 Å². The number of nitrogens with zero attached hydrogens (tertiary/aromatic N) is 3. The lowest BCUT2D eigenvalue weighted by molar-refractivity contribution is -0.116. The number of aryl methyl sites for hydroxylation is 2. The molecule has 8 heteroatoms. The third-order valence-electron chi connectivity index (χ3n) is 2.98. The molecule has 106 valence electrons. The summed E-state index contributed by atoms with van der Waals surface area (Å²) in [6, 6.07) is 1.19. The topological polar surface area (TPSA) is 102 Å². The summed E-state index contributed by atoms with van der Waals surface area (Å²) < 4.78 is 2.79. The highest BCUT2D eigenvalue weighted by Gasteiger charge is 2.13. The second-order valence-electron chi connectivity index (χ2n) is 4.46. The van der Waals surface area contributed by atoms with Gasteiger partial charge < -0.3 is 5.32 Å². The number of rotatable bonds is 3. The summed E-state index contributed by atoms with van der Waals surface area (Å²) in [5.74, 6) is -0.363. The van der Waals surface area contributed by atoms with Crippen molar-refractivity contribution in [3.63, 3.8) is 0 Å². The van der Waals surface area contributed by atoms with Crippen LogP contribution in [0.1, 0.15) is 11.4 Å². The Labute approximate surface area is 114 Å². The minimum Gasteiger partial charge on any atom is -0.321 e. The van der Waals surface area contributed by atoms with E-state index in [4.69, 9.17) is 0 Å². The van der Waals surface area contributed by atoms with E-state index >= 15 is 0 Å². The molecule has 2 rings (SSSR count). The van der Waals surface area contributed by atoms with E-state index in [1.807, 2.05) is 6.92 Å². The van der Waals surface area contributed by atoms with Crippen LogP contribution < -0.4 is 16.6 Å². The van der Waals surface area contributed by atoms with Crippen molar-refractivity contribution in [1.82, 2.24) is 19.3 Å². The van der Waals surface area contributed by atoms with Crippen molar-refractivity contribution in [2.24, 2.45) is 7.05 Å². The SMILES string of the molecule is Cc1nn(C)c(C)c1NC(=O)Cn1ccc(=O)[nH]c1=O. The average molecular weight is 277 g/mol. The molecule has 8 nitrogen and oxygen atoms in total. The first kappa shape index (κ1) is 13.8. The van der Waals surface area contributed by atoms with Crippen LogP contribution in [-0.4, -0.2) is 25.2 Å². The van der Waals surface area contributed by atoms with Crippen molar-refractivity contribution in [3.8, 4) is 0 Å². The highest BCUT2D eigenvalue weighted by molar-refractivity contribution is 5.91. The Morgan fingerprint density at radius 2 is 2.10 bits per heavy atom. The first-order valence-electron chi connectivity index (χ1n) is 5.98. The lowest BCUT2D eigenvalue weighted by Gasteiger charge is -2.07. The number of anilines is 1. The molecule has 0 unspecified atom stereocenters. The molecule has 0 spiro atoms. The van der Waals surface area contributed by atoms with Crippen LogP contribution >= 0.6 is 0 Å². The van der Waals surface area contributed by atoms with Gasteiger partial charge in [0.2, 0.25) is 5.91 Å². The maximum absolute atomic E-state index is 11.9. The van der Waals surface area contributed by atoms with Crippen LogP contribution in [0.15, 0.2) is 21.9 Å². The van der Waals surface area contributed by atoms with Crippen LogP contribution in [0.3, 0.4) is 0 Å². The number of nitrogens with one attached hydrogen (secondary N) is 2. The van der Waals surface area contributed by atoms with E-state index in [-0.39, 0.29) is 12.5 Å². The number of carbonyl (C=O) groups is 1. The molecule has 2 heterocycles. The maximum atomic E-state index is 11.9. The summed E-state index contributed by atoms with van der Waals surface area (Å²) in [5, 5.41) is 6.90. The molecular weight excluding hydrogens is 262 g/mol. The van der Waals surface area contributed by atoms with E-state index in [0.29, 0.717) is 11.4 Å². The van der Waals surface area contributed by atoms with E-state index in [1.165, 1.54) is 12.3 Å². The molecule has 0 bridgehead atoms. The monoisotopic (exact) mass is 277 g/mol. The molecule has 0 atom stereocenters. The van der Waals surface area contributed by atoms with Gasteiger partial charge in [0, 0.05) is 19.3 Å². The van der Waals surface area contributed by atoms with Gasteiger partial charge in [0.25, 0.3) is 5.56 Å². The standard InChI is InChI=1S/C12H15N5O3/c1-7-11(8(2)16(3)15-7)13-10(19)6-17-5-4-9(18)14-12(17)20/h4-5H,6H2,1-3H3,(H,13,19)(H,14,18,20). The van der Waals surface area contributed by atoms with Gasteiger partial charge in [-0.05, 0) is 13.8 Å². The molecule has 0 aliphatic rings. The molecule has 2 aromatic rings. The van der Waals surface area contributed by atoms with Gasteiger partial charge >= 0.3 is 5.69 Å². The molecule has 0 saturated carbocycles. The quantitative estimate of drug-likeness (QED) is 0.791. The Bertz CT molecular complexity index is 768. The summed E-state index contributed by atoms with van der Waals surface area (Å²) in [5.41, 5.74) is 1.05. The predicted molar refractivity (Wildman–Crippen MR) is 72.6 cm³/mol. The molecule has 0 aliphatic heterocycles. The second kappa shape index (κ2) is 5.16. The van der Waals surface area contributed by atoms with E-state index in [2.05, 4.69) is 15.4 Å². The fourth-order valence-corrected chi connectivity index (χ4v) is 1.86. The minimum atomic E-state index is -0.618. The van der Waals surface area contributed by atoms with Crippen LogP contribution in [0.2, 0.25) is 0 Å². The Kier molecular flexibility index (Phi) is 3.55. The van der Waals surface area contributed by atoms with E-state index in [1.54, 1.807) is 18.7 Å². The highest BCUT2D eigenvalue weighted by Crippen LogP contribution is 2.17. The molecular formula is C12H15N5O3. The van der Waals surface area contributed by atoms with Crippen molar-refractivity contribution in [1.29, 1.82) is 0 Å². The van der Waals surface area contributed by atoms with Crippen LogP contribution in [0.5, 0.6) is 0 Å². The molecule has 2 N–H and O–H groups in total. The lowest BCUT2D eigenvalue weighted by Crippen LogP contribution is -2.32. The molecule has 0 radical (unpaired) electrons. The number of carbonyl (C=O) groups excluding carboxylic acids is 1. The number of H-pyrrole nitrogens is 1. The van der Waals surface area contributed by atoms with Crippen LogP contribution in [0.25, 0.3) is 0 Å². The smallest absolute Gasteiger partial charge is 0.321 e. The van der Waals surface area contributed by atoms with Gasteiger partial charge in [-0.15, -0.1) is 0 Å². The molecule has 0 aromatic carbocycles. The van der Waals surface area contributed by atoms with Crippen molar-refractivity contribution >= 4 is 11.6 Å². The first-order valence-corrected chi connectivity index (χ1v) is 5.98. The Balaban J connectivity index is 2.17. The van der Waals surface area contributed by atoms with Gasteiger partial charge in [0.1, 0.15) is 6.54 Å². The zero-order valence-corrected chi connectivity index (χ0v) is 11.4. The van der Waals surface area contributed by atoms with Crippen LogP contribution in [-0.2, 0) is 18.4 Å². The highest BCUT2D eigenvalue weighted by atomic mass is 16.2. The van der Waals surface area contributed by atoms with Crippen molar-refractivity contribution in [3.05, 3.63) is 44.5 Å². The minimum absolute atomic E-state index is 0.177. The summed E-state index contributed by atoms with van der Waals surface area (Å²) >= 11 is 0. The summed E-state index contributed by atoms with van der Waals surface area (Å²) in [7, 11) is 1.78. The van der Waals surface area contributed by atoms with Crippen LogP contribution in [0.4, 0.5) is 5.69 Å². The van der Waals surface area contributed by atoms with E-state index in [0.717, 1.165) is 10.3 Å². The van der Waals surface area contributed by atoms with E-state index in [9.17, 15) is 14.4 Å². The Morgan fingerprint density at radius 3 is 2.65 bits per heavy atom. The molecule has 2 aromatic heterocycles. The third kappa shape index (κ3) is 2.68. The third-order valence-corrected chi connectivity index (χ3v) is 2.98. The van der Waals surface area contributed by atoms with E-state index < -0.39 is 11.2 Å². The zero-order chi connectivity index (χ0) is 14.9. The Hall–Kier alpha value is -2.64. The summed E-state index contributed by atoms with van der Waals surface area (Å²) in [4.78, 5) is 36.4. The van der Waals surface area contributed by atoms with Crippen molar-refractivity contribution in [2.75, 3.05) is 5.32 Å². The molecule has 0 aliphatic carbocycles. The molecule has 20 heavy (non-hydrogen) atoms. The fraction of sp³-hybridized carbons (Fsp3) is 0.333. The number of hydrogen-bond donors (Lipinski definition) is 2. The van der Waals surface area contributed by atoms with Gasteiger partial charge in [-0.25, -0.2) is 4.79 Å². The second-order valence-corrected chi connectivity index (χ2v) is 4.46. The van der Waals surface area contributed by atoms with Crippen molar-refractivity contribution < 1.29 is 4.79 Å². The average Bonchev–Trinajstić information content (AvgIpc) is 2.60. The fourth-order valence-electron chi connectivity index (χ4n) is 1.86. The number of hydrogen-bond acceptors (Lipinski definition) is 4. The largest absolute Gasteiger partial charge is 0.328 e. The van der Waals surface area contributed by atoms with Gasteiger partial charge in [0.15, 0.2) is 0 Å². The molecule has 1 amide bonds. The van der Waals surface area contributed by atoms with Gasteiger partial charge in [-0.1, -0.05) is 0 Å². The molecule has 0 fully saturated rings. The van der Waals surface area contributed by atoms with Gasteiger partial charge in [0.05, 0.1) is 17.1 Å². The lowest BCUT2D eigenvalue weighted by atomic mass is 10.3. The van der Waals surface area contributed by atoms with Gasteiger partial charge in [-0.2, -0.15) is 5.10 Å². The van der Waals surface area contributed by atoms with Crippen molar-refractivity contribution in [2.45, 2.75) is 20.4 Å². The Morgan fingerprint density at radius 1 is 1.40 bits per heavy atom. The normalized spacial score (nSPS) is 10.6. The molecule has 0 saturated heterocycles. The van der Waals surface area contributed by atoms with Gasteiger partial charge in [-0.3, -0.25) is 23.8 Å². The zero-order valence-electron chi connectivity index (χ0n) is 11.4. The summed E-state index contributed by atoms with van der Waals surface area (Å²) in [6.45, 7) is 3.44. The summed E-state index contributed by atoms with van der Waals surface area (Å²) in [6.07, 6.45) is 1.28. The maximum Gasteiger partial charge on any atom is 0.328 e. The number of aromatic nitrogens is 4.